The lowest BCUT2D eigenvalue weighted by atomic mass is 10.1. The van der Waals surface area contributed by atoms with Gasteiger partial charge in [-0.25, -0.2) is 0 Å². The van der Waals surface area contributed by atoms with E-state index in [4.69, 9.17) is 5.73 Å². The highest BCUT2D eigenvalue weighted by Gasteiger charge is 2.32. The van der Waals surface area contributed by atoms with Gasteiger partial charge in [0.05, 0.1) is 0 Å². The number of thioether (sulfide) groups is 1. The van der Waals surface area contributed by atoms with Gasteiger partial charge in [-0.15, -0.1) is 6.58 Å². The van der Waals surface area contributed by atoms with Crippen LogP contribution < -0.4 is 5.73 Å². The highest BCUT2D eigenvalue weighted by Crippen LogP contribution is 2.09. The van der Waals surface area contributed by atoms with Crippen molar-refractivity contribution in [1.29, 1.82) is 0 Å². The summed E-state index contributed by atoms with van der Waals surface area (Å²) in [4.78, 5) is 12.8. The topological polar surface area (TPSA) is 46.3 Å². The summed E-state index contributed by atoms with van der Waals surface area (Å²) in [5.74, 6) is 2.02. The van der Waals surface area contributed by atoms with Crippen LogP contribution >= 0.6 is 11.8 Å². The Morgan fingerprint density at radius 3 is 3.08 bits per heavy atom. The maximum Gasteiger partial charge on any atom is 0.241 e. The second-order valence-corrected chi connectivity index (χ2v) is 3.90. The Hall–Kier alpha value is -0.480. The lowest BCUT2D eigenvalue weighted by Crippen LogP contribution is -2.61. The summed E-state index contributed by atoms with van der Waals surface area (Å²) in [7, 11) is 0. The largest absolute Gasteiger partial charge is 0.338 e. The predicted octanol–water partition coefficient (Wildman–Crippen LogP) is 0.0751. The summed E-state index contributed by atoms with van der Waals surface area (Å²) in [6.07, 6.45) is 1.87. The van der Waals surface area contributed by atoms with Gasteiger partial charge in [0, 0.05) is 24.6 Å². The van der Waals surface area contributed by atoms with Crippen LogP contribution in [0, 0.1) is 0 Å². The third kappa shape index (κ3) is 2.25. The van der Waals surface area contributed by atoms with Gasteiger partial charge < -0.3 is 10.6 Å². The molecular formula is C8H14N2OS. The van der Waals surface area contributed by atoms with Gasteiger partial charge in [-0.05, 0) is 0 Å². The number of hydrogen-bond acceptors (Lipinski definition) is 3. The molecule has 0 radical (unpaired) electrons. The summed E-state index contributed by atoms with van der Waals surface area (Å²) in [5, 5.41) is 0. The SMILES string of the molecule is C=CCSCCN1CC(N)C1=O. The molecule has 0 aromatic heterocycles. The lowest BCUT2D eigenvalue weighted by Gasteiger charge is -2.35. The van der Waals surface area contributed by atoms with E-state index in [1.165, 1.54) is 0 Å². The number of amides is 1. The smallest absolute Gasteiger partial charge is 0.241 e. The minimum absolute atomic E-state index is 0.0919. The third-order valence-corrected chi connectivity index (χ3v) is 2.73. The fourth-order valence-corrected chi connectivity index (χ4v) is 1.75. The maximum atomic E-state index is 11.0. The van der Waals surface area contributed by atoms with Crippen LogP contribution in [0.3, 0.4) is 0 Å². The molecule has 1 unspecified atom stereocenters. The first-order valence-electron chi connectivity index (χ1n) is 3.98. The summed E-state index contributed by atoms with van der Waals surface area (Å²) in [6.45, 7) is 5.17. The molecule has 12 heavy (non-hydrogen) atoms. The number of carbonyl (C=O) groups excluding carboxylic acids is 1. The summed E-state index contributed by atoms with van der Waals surface area (Å²) >= 11 is 1.78. The molecular weight excluding hydrogens is 172 g/mol. The molecule has 3 nitrogen and oxygen atoms in total. The van der Waals surface area contributed by atoms with E-state index in [-0.39, 0.29) is 11.9 Å². The van der Waals surface area contributed by atoms with Crippen molar-refractivity contribution in [1.82, 2.24) is 4.90 Å². The molecule has 4 heteroatoms. The van der Waals surface area contributed by atoms with Crippen LogP contribution in [0.4, 0.5) is 0 Å². The van der Waals surface area contributed by atoms with E-state index < -0.39 is 0 Å². The molecule has 1 rings (SSSR count). The van der Waals surface area contributed by atoms with Crippen LogP contribution in [0.2, 0.25) is 0 Å². The molecule has 0 saturated carbocycles. The molecule has 1 fully saturated rings. The van der Waals surface area contributed by atoms with Gasteiger partial charge >= 0.3 is 0 Å². The van der Waals surface area contributed by atoms with Crippen LogP contribution in [0.1, 0.15) is 0 Å². The van der Waals surface area contributed by atoms with E-state index in [1.807, 2.05) is 6.08 Å². The molecule has 0 aliphatic carbocycles. The van der Waals surface area contributed by atoms with Crippen LogP contribution in [0.25, 0.3) is 0 Å². The standard InChI is InChI=1S/C8H14N2OS/c1-2-4-12-5-3-10-6-7(9)8(10)11/h2,7H,1,3-6,9H2. The molecule has 0 bridgehead atoms. The van der Waals surface area contributed by atoms with Crippen molar-refractivity contribution in [2.45, 2.75) is 6.04 Å². The number of hydrogen-bond donors (Lipinski definition) is 1. The molecule has 0 aromatic rings. The van der Waals surface area contributed by atoms with Crippen molar-refractivity contribution < 1.29 is 4.79 Å². The highest BCUT2D eigenvalue weighted by molar-refractivity contribution is 7.99. The van der Waals surface area contributed by atoms with Gasteiger partial charge in [0.15, 0.2) is 0 Å². The number of β-lactam (4-membered cyclic amide) rings is 1. The van der Waals surface area contributed by atoms with Crippen LogP contribution in [-0.2, 0) is 4.79 Å². The maximum absolute atomic E-state index is 11.0. The van der Waals surface area contributed by atoms with Gasteiger partial charge in [0.25, 0.3) is 0 Å². The summed E-state index contributed by atoms with van der Waals surface area (Å²) in [6, 6.07) is -0.227. The van der Waals surface area contributed by atoms with Crippen LogP contribution in [0.15, 0.2) is 12.7 Å². The summed E-state index contributed by atoms with van der Waals surface area (Å²) < 4.78 is 0. The van der Waals surface area contributed by atoms with E-state index in [0.29, 0.717) is 0 Å². The van der Waals surface area contributed by atoms with Gasteiger partial charge in [0.1, 0.15) is 6.04 Å². The van der Waals surface area contributed by atoms with Crippen molar-refractivity contribution in [3.8, 4) is 0 Å². The van der Waals surface area contributed by atoms with E-state index in [0.717, 1.165) is 24.6 Å². The second kappa shape index (κ2) is 4.52. The zero-order valence-corrected chi connectivity index (χ0v) is 7.85. The first-order valence-corrected chi connectivity index (χ1v) is 5.14. The first kappa shape index (κ1) is 9.61. The Morgan fingerprint density at radius 1 is 1.83 bits per heavy atom. The molecule has 68 valence electrons. The average Bonchev–Trinajstić information content (AvgIpc) is 2.10. The normalized spacial score (nSPS) is 22.2. The van der Waals surface area contributed by atoms with Crippen LogP contribution in [-0.4, -0.2) is 41.4 Å². The zero-order valence-electron chi connectivity index (χ0n) is 7.03. The van der Waals surface area contributed by atoms with E-state index in [1.54, 1.807) is 16.7 Å². The van der Waals surface area contributed by atoms with Crippen LogP contribution in [0.5, 0.6) is 0 Å². The number of carbonyl (C=O) groups is 1. The second-order valence-electron chi connectivity index (χ2n) is 2.75. The zero-order chi connectivity index (χ0) is 8.97. The molecule has 0 spiro atoms. The molecule has 2 N–H and O–H groups in total. The Labute approximate surface area is 77.0 Å². The minimum Gasteiger partial charge on any atom is -0.338 e. The number of rotatable bonds is 5. The highest BCUT2D eigenvalue weighted by atomic mass is 32.2. The minimum atomic E-state index is -0.227. The Bertz CT molecular complexity index is 184. The Morgan fingerprint density at radius 2 is 2.58 bits per heavy atom. The van der Waals surface area contributed by atoms with Crippen molar-refractivity contribution in [2.24, 2.45) is 5.73 Å². The lowest BCUT2D eigenvalue weighted by molar-refractivity contribution is -0.141. The first-order chi connectivity index (χ1) is 5.75. The molecule has 1 aliphatic heterocycles. The van der Waals surface area contributed by atoms with E-state index >= 15 is 0 Å². The average molecular weight is 186 g/mol. The molecule has 0 aromatic carbocycles. The molecule has 1 atom stereocenters. The monoisotopic (exact) mass is 186 g/mol. The number of likely N-dealkylation sites (tertiary alicyclic amines) is 1. The molecule has 1 aliphatic rings. The van der Waals surface area contributed by atoms with Gasteiger partial charge in [0.2, 0.25) is 5.91 Å². The van der Waals surface area contributed by atoms with Gasteiger partial charge in [-0.3, -0.25) is 4.79 Å². The fourth-order valence-electron chi connectivity index (χ4n) is 1.07. The molecule has 1 amide bonds. The number of nitrogens with two attached hydrogens (primary N) is 1. The van der Waals surface area contributed by atoms with Crippen molar-refractivity contribution in [2.75, 3.05) is 24.6 Å². The number of nitrogens with zero attached hydrogens (tertiary/aromatic N) is 1. The summed E-state index contributed by atoms with van der Waals surface area (Å²) in [5.41, 5.74) is 5.43. The third-order valence-electron chi connectivity index (χ3n) is 1.79. The predicted molar refractivity (Wildman–Crippen MR) is 52.1 cm³/mol. The van der Waals surface area contributed by atoms with E-state index in [9.17, 15) is 4.79 Å². The molecule has 1 heterocycles. The Balaban J connectivity index is 2.02. The van der Waals surface area contributed by atoms with Crippen molar-refractivity contribution in [3.05, 3.63) is 12.7 Å². The fraction of sp³-hybridized carbons (Fsp3) is 0.625. The molecule has 1 saturated heterocycles. The van der Waals surface area contributed by atoms with Gasteiger partial charge in [-0.2, -0.15) is 11.8 Å². The Kier molecular flexibility index (Phi) is 3.62. The van der Waals surface area contributed by atoms with E-state index in [2.05, 4.69) is 6.58 Å². The van der Waals surface area contributed by atoms with Gasteiger partial charge in [-0.1, -0.05) is 6.08 Å². The van der Waals surface area contributed by atoms with Crippen molar-refractivity contribution >= 4 is 17.7 Å². The van der Waals surface area contributed by atoms with Crippen molar-refractivity contribution in [3.63, 3.8) is 0 Å². The quantitative estimate of drug-likeness (QED) is 0.375.